The average molecular weight is 181 g/mol. The van der Waals surface area contributed by atoms with Gasteiger partial charge in [-0.25, -0.2) is 0 Å². The molecule has 0 spiro atoms. The van der Waals surface area contributed by atoms with Gasteiger partial charge in [-0.05, 0) is 40.3 Å². The van der Waals surface area contributed by atoms with E-state index in [1.165, 1.54) is 5.57 Å². The molecule has 0 aromatic heterocycles. The molecule has 13 heavy (non-hydrogen) atoms. The average Bonchev–Trinajstić information content (AvgIpc) is 2.03. The zero-order valence-corrected chi connectivity index (χ0v) is 8.84. The van der Waals surface area contributed by atoms with Crippen molar-refractivity contribution in [2.45, 2.75) is 26.2 Å². The Balaban J connectivity index is 2.49. The van der Waals surface area contributed by atoms with Gasteiger partial charge < -0.3 is 4.90 Å². The van der Waals surface area contributed by atoms with Gasteiger partial charge in [-0.1, -0.05) is 11.6 Å². The van der Waals surface area contributed by atoms with E-state index in [0.717, 1.165) is 25.8 Å². The number of Topliss-reactive ketones (excluding diaryl/α,β-unsaturated/α-hetero) is 1. The van der Waals surface area contributed by atoms with E-state index in [4.69, 9.17) is 0 Å². The molecule has 0 saturated heterocycles. The monoisotopic (exact) mass is 181 g/mol. The van der Waals surface area contributed by atoms with Crippen LogP contribution >= 0.6 is 0 Å². The standard InChI is InChI=1S/C11H19NO/c1-9(13)11-6-4-5-10(7-11)8-12(2)3/h5,11H,4,6-8H2,1-3H3. The number of hydrogen-bond acceptors (Lipinski definition) is 2. The van der Waals surface area contributed by atoms with Crippen LogP contribution in [-0.2, 0) is 4.79 Å². The first-order chi connectivity index (χ1) is 6.09. The van der Waals surface area contributed by atoms with Gasteiger partial charge in [-0.3, -0.25) is 4.79 Å². The molecule has 0 aliphatic heterocycles. The molecule has 0 heterocycles. The minimum atomic E-state index is 0.292. The second-order valence-corrected chi connectivity index (χ2v) is 4.19. The van der Waals surface area contributed by atoms with Gasteiger partial charge in [-0.2, -0.15) is 0 Å². The number of nitrogens with zero attached hydrogens (tertiary/aromatic N) is 1. The maximum Gasteiger partial charge on any atom is 0.133 e. The fourth-order valence-electron chi connectivity index (χ4n) is 1.87. The van der Waals surface area contributed by atoms with Gasteiger partial charge in [0.1, 0.15) is 5.78 Å². The molecular weight excluding hydrogens is 162 g/mol. The normalized spacial score (nSPS) is 23.1. The highest BCUT2D eigenvalue weighted by Gasteiger charge is 2.19. The minimum absolute atomic E-state index is 0.292. The lowest BCUT2D eigenvalue weighted by atomic mass is 9.86. The highest BCUT2D eigenvalue weighted by atomic mass is 16.1. The summed E-state index contributed by atoms with van der Waals surface area (Å²) in [5.41, 5.74) is 1.43. The Morgan fingerprint density at radius 1 is 1.62 bits per heavy atom. The van der Waals surface area contributed by atoms with Crippen molar-refractivity contribution in [3.8, 4) is 0 Å². The number of carbonyl (C=O) groups is 1. The van der Waals surface area contributed by atoms with Crippen LogP contribution in [0.25, 0.3) is 0 Å². The largest absolute Gasteiger partial charge is 0.305 e. The SMILES string of the molecule is CC(=O)C1CCC=C(CN(C)C)C1. The van der Waals surface area contributed by atoms with Crippen molar-refractivity contribution in [1.82, 2.24) is 4.90 Å². The highest BCUT2D eigenvalue weighted by molar-refractivity contribution is 5.78. The summed E-state index contributed by atoms with van der Waals surface area (Å²) >= 11 is 0. The Bertz CT molecular complexity index is 218. The molecule has 0 aromatic carbocycles. The van der Waals surface area contributed by atoms with Crippen molar-refractivity contribution in [2.24, 2.45) is 5.92 Å². The molecule has 1 rings (SSSR count). The summed E-state index contributed by atoms with van der Waals surface area (Å²) in [6.45, 7) is 2.72. The molecule has 1 aliphatic rings. The Morgan fingerprint density at radius 3 is 2.85 bits per heavy atom. The van der Waals surface area contributed by atoms with Crippen molar-refractivity contribution in [2.75, 3.05) is 20.6 Å². The third kappa shape index (κ3) is 3.31. The molecule has 0 bridgehead atoms. The molecule has 0 radical (unpaired) electrons. The van der Waals surface area contributed by atoms with Crippen LogP contribution < -0.4 is 0 Å². The van der Waals surface area contributed by atoms with Crippen LogP contribution in [0.3, 0.4) is 0 Å². The van der Waals surface area contributed by atoms with Crippen molar-refractivity contribution in [1.29, 1.82) is 0 Å². The van der Waals surface area contributed by atoms with E-state index in [9.17, 15) is 4.79 Å². The second-order valence-electron chi connectivity index (χ2n) is 4.19. The summed E-state index contributed by atoms with van der Waals surface area (Å²) in [4.78, 5) is 13.4. The van der Waals surface area contributed by atoms with Crippen LogP contribution in [0, 0.1) is 5.92 Å². The number of allylic oxidation sites excluding steroid dienone is 1. The first-order valence-corrected chi connectivity index (χ1v) is 4.92. The predicted octanol–water partition coefficient (Wildman–Crippen LogP) is 1.86. The lowest BCUT2D eigenvalue weighted by molar-refractivity contribution is -0.121. The van der Waals surface area contributed by atoms with Crippen LogP contribution in [0.4, 0.5) is 0 Å². The van der Waals surface area contributed by atoms with Crippen LogP contribution in [-0.4, -0.2) is 31.3 Å². The summed E-state index contributed by atoms with van der Waals surface area (Å²) in [7, 11) is 4.14. The van der Waals surface area contributed by atoms with E-state index in [2.05, 4.69) is 25.1 Å². The zero-order valence-electron chi connectivity index (χ0n) is 8.84. The lowest BCUT2D eigenvalue weighted by Crippen LogP contribution is -2.21. The Kier molecular flexibility index (Phi) is 3.67. The topological polar surface area (TPSA) is 20.3 Å². The summed E-state index contributed by atoms with van der Waals surface area (Å²) in [6, 6.07) is 0. The van der Waals surface area contributed by atoms with Gasteiger partial charge in [0.25, 0.3) is 0 Å². The van der Waals surface area contributed by atoms with Crippen LogP contribution in [0.5, 0.6) is 0 Å². The van der Waals surface area contributed by atoms with Gasteiger partial charge >= 0.3 is 0 Å². The zero-order chi connectivity index (χ0) is 9.84. The lowest BCUT2D eigenvalue weighted by Gasteiger charge is -2.22. The van der Waals surface area contributed by atoms with Crippen LogP contribution in [0.15, 0.2) is 11.6 Å². The maximum absolute atomic E-state index is 11.2. The van der Waals surface area contributed by atoms with Crippen LogP contribution in [0.1, 0.15) is 26.2 Å². The molecule has 74 valence electrons. The molecule has 0 amide bonds. The molecule has 1 atom stereocenters. The Labute approximate surface area is 80.6 Å². The molecule has 0 aromatic rings. The first-order valence-electron chi connectivity index (χ1n) is 4.92. The fourth-order valence-corrected chi connectivity index (χ4v) is 1.87. The Morgan fingerprint density at radius 2 is 2.31 bits per heavy atom. The second kappa shape index (κ2) is 4.56. The first kappa shape index (κ1) is 10.5. The van der Waals surface area contributed by atoms with E-state index in [1.807, 2.05) is 0 Å². The van der Waals surface area contributed by atoms with E-state index in [0.29, 0.717) is 11.7 Å². The van der Waals surface area contributed by atoms with Crippen molar-refractivity contribution in [3.05, 3.63) is 11.6 Å². The van der Waals surface area contributed by atoms with E-state index < -0.39 is 0 Å². The number of carbonyl (C=O) groups excluding carboxylic acids is 1. The van der Waals surface area contributed by atoms with Crippen molar-refractivity contribution in [3.63, 3.8) is 0 Å². The smallest absolute Gasteiger partial charge is 0.133 e. The summed E-state index contributed by atoms with van der Waals surface area (Å²) in [5, 5.41) is 0. The van der Waals surface area contributed by atoms with E-state index >= 15 is 0 Å². The van der Waals surface area contributed by atoms with Gasteiger partial charge in [-0.15, -0.1) is 0 Å². The van der Waals surface area contributed by atoms with E-state index in [1.54, 1.807) is 6.92 Å². The summed E-state index contributed by atoms with van der Waals surface area (Å²) in [5.74, 6) is 0.643. The molecule has 2 heteroatoms. The summed E-state index contributed by atoms with van der Waals surface area (Å²) < 4.78 is 0. The van der Waals surface area contributed by atoms with Gasteiger partial charge in [0, 0.05) is 12.5 Å². The van der Waals surface area contributed by atoms with Crippen molar-refractivity contribution < 1.29 is 4.79 Å². The molecular formula is C11H19NO. The quantitative estimate of drug-likeness (QED) is 0.619. The number of rotatable bonds is 3. The third-order valence-electron chi connectivity index (χ3n) is 2.55. The molecule has 1 unspecified atom stereocenters. The maximum atomic E-state index is 11.2. The van der Waals surface area contributed by atoms with Crippen molar-refractivity contribution >= 4 is 5.78 Å². The highest BCUT2D eigenvalue weighted by Crippen LogP contribution is 2.24. The summed E-state index contributed by atoms with van der Waals surface area (Å²) in [6.07, 6.45) is 5.40. The minimum Gasteiger partial charge on any atom is -0.305 e. The number of likely N-dealkylation sites (N-methyl/N-ethyl adjacent to an activating group) is 1. The van der Waals surface area contributed by atoms with Gasteiger partial charge in [0.2, 0.25) is 0 Å². The van der Waals surface area contributed by atoms with E-state index in [-0.39, 0.29) is 0 Å². The fraction of sp³-hybridized carbons (Fsp3) is 0.727. The molecule has 0 fully saturated rings. The third-order valence-corrected chi connectivity index (χ3v) is 2.55. The number of hydrogen-bond donors (Lipinski definition) is 0. The van der Waals surface area contributed by atoms with Gasteiger partial charge in [0.05, 0.1) is 0 Å². The Hall–Kier alpha value is -0.630. The molecule has 0 N–H and O–H groups in total. The predicted molar refractivity (Wildman–Crippen MR) is 54.7 cm³/mol. The molecule has 2 nitrogen and oxygen atoms in total. The number of ketones is 1. The molecule has 1 aliphatic carbocycles. The van der Waals surface area contributed by atoms with Gasteiger partial charge in [0.15, 0.2) is 0 Å². The molecule has 0 saturated carbocycles. The van der Waals surface area contributed by atoms with Crippen LogP contribution in [0.2, 0.25) is 0 Å².